The SMILES string of the molecule is O=C(O)CC1SC(=NN=Cc2ccc(F)cc2COCC2CCCCC2)NC1=O. The molecule has 3 rings (SSSR count). The monoisotopic (exact) mass is 421 g/mol. The van der Waals surface area contributed by atoms with E-state index < -0.39 is 17.1 Å². The topological polar surface area (TPSA) is 100 Å². The van der Waals surface area contributed by atoms with Crippen LogP contribution in [0.1, 0.15) is 49.7 Å². The molecule has 1 aromatic carbocycles. The lowest BCUT2D eigenvalue weighted by Gasteiger charge is -2.21. The van der Waals surface area contributed by atoms with Crippen LogP contribution in [0.4, 0.5) is 4.39 Å². The highest BCUT2D eigenvalue weighted by atomic mass is 32.2. The van der Waals surface area contributed by atoms with Gasteiger partial charge in [0.05, 0.1) is 19.2 Å². The van der Waals surface area contributed by atoms with Crippen molar-refractivity contribution < 1.29 is 23.8 Å². The molecule has 1 unspecified atom stereocenters. The standard InChI is InChI=1S/C20H24FN3O4S/c21-16-7-6-14(15(8-16)12-28-11-13-4-2-1-3-5-13)10-22-24-20-23-19(27)17(29-20)9-18(25)26/h6-8,10,13,17H,1-5,9,11-12H2,(H,25,26)(H,23,24,27). The van der Waals surface area contributed by atoms with Gasteiger partial charge in [-0.05, 0) is 36.5 Å². The highest BCUT2D eigenvalue weighted by Crippen LogP contribution is 2.24. The van der Waals surface area contributed by atoms with E-state index in [1.807, 2.05) is 0 Å². The molecule has 1 aromatic rings. The molecule has 0 aromatic heterocycles. The molecule has 1 saturated heterocycles. The number of thioether (sulfide) groups is 1. The van der Waals surface area contributed by atoms with E-state index in [0.29, 0.717) is 30.3 Å². The second kappa shape index (κ2) is 10.5. The summed E-state index contributed by atoms with van der Waals surface area (Å²) in [5.41, 5.74) is 1.35. The fraction of sp³-hybridized carbons (Fsp3) is 0.500. The molecular formula is C20H24FN3O4S. The molecule has 0 radical (unpaired) electrons. The van der Waals surface area contributed by atoms with E-state index in [2.05, 4.69) is 15.5 Å². The first kappa shape index (κ1) is 21.4. The normalized spacial score (nSPS) is 21.8. The van der Waals surface area contributed by atoms with E-state index in [9.17, 15) is 14.0 Å². The predicted octanol–water partition coefficient (Wildman–Crippen LogP) is 3.32. The number of aliphatic carboxylic acids is 1. The molecule has 1 heterocycles. The quantitative estimate of drug-likeness (QED) is 0.495. The number of rotatable bonds is 8. The van der Waals surface area contributed by atoms with Gasteiger partial charge in [-0.2, -0.15) is 5.10 Å². The van der Waals surface area contributed by atoms with Gasteiger partial charge in [0, 0.05) is 12.2 Å². The van der Waals surface area contributed by atoms with Crippen molar-refractivity contribution in [2.75, 3.05) is 6.61 Å². The molecule has 156 valence electrons. The Hall–Kier alpha value is -2.26. The molecular weight excluding hydrogens is 397 g/mol. The zero-order chi connectivity index (χ0) is 20.6. The second-order valence-corrected chi connectivity index (χ2v) is 8.40. The van der Waals surface area contributed by atoms with Crippen LogP contribution in [0, 0.1) is 11.7 Å². The number of hydrogen-bond acceptors (Lipinski definition) is 6. The average Bonchev–Trinajstić information content (AvgIpc) is 3.03. The van der Waals surface area contributed by atoms with Crippen molar-refractivity contribution in [3.05, 3.63) is 35.1 Å². The van der Waals surface area contributed by atoms with Gasteiger partial charge in [0.2, 0.25) is 5.91 Å². The van der Waals surface area contributed by atoms with Crippen LogP contribution >= 0.6 is 11.8 Å². The van der Waals surface area contributed by atoms with Crippen LogP contribution in [0.3, 0.4) is 0 Å². The summed E-state index contributed by atoms with van der Waals surface area (Å²) in [4.78, 5) is 22.5. The van der Waals surface area contributed by atoms with E-state index in [-0.39, 0.29) is 17.4 Å². The number of amidine groups is 1. The first-order valence-corrected chi connectivity index (χ1v) is 10.6. The number of benzene rings is 1. The highest BCUT2D eigenvalue weighted by Gasteiger charge is 2.32. The Morgan fingerprint density at radius 2 is 2.14 bits per heavy atom. The van der Waals surface area contributed by atoms with E-state index in [4.69, 9.17) is 9.84 Å². The number of nitrogens with one attached hydrogen (secondary N) is 1. The molecule has 1 aliphatic carbocycles. The van der Waals surface area contributed by atoms with Gasteiger partial charge in [-0.25, -0.2) is 4.39 Å². The van der Waals surface area contributed by atoms with E-state index in [1.165, 1.54) is 50.5 Å². The van der Waals surface area contributed by atoms with Gasteiger partial charge >= 0.3 is 5.97 Å². The van der Waals surface area contributed by atoms with Crippen LogP contribution in [0.15, 0.2) is 28.4 Å². The molecule has 1 saturated carbocycles. The van der Waals surface area contributed by atoms with Gasteiger partial charge in [-0.1, -0.05) is 37.1 Å². The van der Waals surface area contributed by atoms with E-state index >= 15 is 0 Å². The molecule has 7 nitrogen and oxygen atoms in total. The van der Waals surface area contributed by atoms with Crippen molar-refractivity contribution >= 4 is 35.0 Å². The van der Waals surface area contributed by atoms with Crippen molar-refractivity contribution in [3.8, 4) is 0 Å². The zero-order valence-corrected chi connectivity index (χ0v) is 16.8. The minimum absolute atomic E-state index is 0.245. The molecule has 1 atom stereocenters. The Morgan fingerprint density at radius 1 is 1.34 bits per heavy atom. The predicted molar refractivity (Wildman–Crippen MR) is 109 cm³/mol. The van der Waals surface area contributed by atoms with Gasteiger partial charge in [0.1, 0.15) is 11.1 Å². The van der Waals surface area contributed by atoms with E-state index in [1.54, 1.807) is 6.07 Å². The van der Waals surface area contributed by atoms with Crippen LogP contribution in [0.25, 0.3) is 0 Å². The number of carbonyl (C=O) groups excluding carboxylic acids is 1. The maximum atomic E-state index is 13.7. The lowest BCUT2D eigenvalue weighted by atomic mass is 9.90. The lowest BCUT2D eigenvalue weighted by molar-refractivity contribution is -0.138. The van der Waals surface area contributed by atoms with Gasteiger partial charge in [0.25, 0.3) is 0 Å². The third-order valence-corrected chi connectivity index (χ3v) is 5.99. The van der Waals surface area contributed by atoms with Crippen LogP contribution in [0.5, 0.6) is 0 Å². The first-order valence-electron chi connectivity index (χ1n) is 9.68. The van der Waals surface area contributed by atoms with Crippen LogP contribution < -0.4 is 5.32 Å². The Morgan fingerprint density at radius 3 is 2.90 bits per heavy atom. The fourth-order valence-corrected chi connectivity index (χ4v) is 4.32. The average molecular weight is 421 g/mol. The number of amides is 1. The van der Waals surface area contributed by atoms with Crippen molar-refractivity contribution in [1.82, 2.24) is 5.32 Å². The van der Waals surface area contributed by atoms with Crippen molar-refractivity contribution in [2.24, 2.45) is 16.1 Å². The van der Waals surface area contributed by atoms with Gasteiger partial charge < -0.3 is 15.2 Å². The highest BCUT2D eigenvalue weighted by molar-refractivity contribution is 8.15. The summed E-state index contributed by atoms with van der Waals surface area (Å²) in [5, 5.41) is 18.7. The Balaban J connectivity index is 1.58. The third kappa shape index (κ3) is 6.64. The molecule has 0 spiro atoms. The minimum atomic E-state index is -1.05. The molecule has 9 heteroatoms. The number of nitrogens with zero attached hydrogens (tertiary/aromatic N) is 2. The van der Waals surface area contributed by atoms with Gasteiger partial charge in [-0.3, -0.25) is 9.59 Å². The van der Waals surface area contributed by atoms with Gasteiger partial charge in [0.15, 0.2) is 5.17 Å². The summed E-state index contributed by atoms with van der Waals surface area (Å²) in [5.74, 6) is -1.22. The number of hydrogen-bond donors (Lipinski definition) is 2. The molecule has 2 fully saturated rings. The van der Waals surface area contributed by atoms with Crippen LogP contribution in [0.2, 0.25) is 0 Å². The van der Waals surface area contributed by atoms with Crippen molar-refractivity contribution in [2.45, 2.75) is 50.4 Å². The summed E-state index contributed by atoms with van der Waals surface area (Å²) in [6.45, 7) is 0.960. The summed E-state index contributed by atoms with van der Waals surface area (Å²) < 4.78 is 19.5. The minimum Gasteiger partial charge on any atom is -0.481 e. The second-order valence-electron chi connectivity index (χ2n) is 7.21. The molecule has 1 amide bonds. The first-order chi connectivity index (χ1) is 14.0. The zero-order valence-electron chi connectivity index (χ0n) is 16.0. The lowest BCUT2D eigenvalue weighted by Crippen LogP contribution is -2.26. The Bertz CT molecular complexity index is 809. The molecule has 1 aliphatic heterocycles. The molecule has 0 bridgehead atoms. The maximum Gasteiger partial charge on any atom is 0.305 e. The Kier molecular flexibility index (Phi) is 7.76. The third-order valence-electron chi connectivity index (χ3n) is 4.92. The van der Waals surface area contributed by atoms with Crippen molar-refractivity contribution in [1.29, 1.82) is 0 Å². The number of carboxylic acids is 1. The van der Waals surface area contributed by atoms with Crippen molar-refractivity contribution in [3.63, 3.8) is 0 Å². The summed E-state index contributed by atoms with van der Waals surface area (Å²) >= 11 is 1.03. The summed E-state index contributed by atoms with van der Waals surface area (Å²) in [7, 11) is 0. The molecule has 2 aliphatic rings. The number of ether oxygens (including phenoxy) is 1. The van der Waals surface area contributed by atoms with E-state index in [0.717, 1.165) is 11.8 Å². The Labute approximate surface area is 172 Å². The smallest absolute Gasteiger partial charge is 0.305 e. The van der Waals surface area contributed by atoms with Gasteiger partial charge in [-0.15, -0.1) is 5.10 Å². The summed E-state index contributed by atoms with van der Waals surface area (Å²) in [6, 6.07) is 4.37. The van der Waals surface area contributed by atoms with Crippen LogP contribution in [-0.4, -0.2) is 40.2 Å². The maximum absolute atomic E-state index is 13.7. The molecule has 2 N–H and O–H groups in total. The van der Waals surface area contributed by atoms with Crippen LogP contribution in [-0.2, 0) is 20.9 Å². The fourth-order valence-electron chi connectivity index (χ4n) is 3.40. The number of halogens is 1. The number of carboxylic acid groups (broad SMARTS) is 1. The number of carbonyl (C=O) groups is 2. The molecule has 29 heavy (non-hydrogen) atoms. The summed E-state index contributed by atoms with van der Waals surface area (Å²) in [6.07, 6.45) is 7.34. The largest absolute Gasteiger partial charge is 0.481 e.